The summed E-state index contributed by atoms with van der Waals surface area (Å²) in [6.07, 6.45) is 0. The van der Waals surface area contributed by atoms with Gasteiger partial charge in [-0.1, -0.05) is 66.7 Å². The molecule has 3 aromatic carbocycles. The molecule has 0 N–H and O–H groups in total. The van der Waals surface area contributed by atoms with Gasteiger partial charge in [0.2, 0.25) is 0 Å². The van der Waals surface area contributed by atoms with Gasteiger partial charge in [0.05, 0.1) is 15.4 Å². The maximum atomic E-state index is 14.0. The standard InChI is InChI=1S/C26H23N3O4S2/c1-20-21(2)28(19-22-12-6-3-7-13-22)26(25(20)18-27)29(34(30,31)23-14-8-4-9-15-23)35(32,33)24-16-10-5-11-17-24/h3-17H,19H2,1-2H3. The first kappa shape index (κ1) is 24.3. The largest absolute Gasteiger partial charge is 0.325 e. The molecule has 0 spiro atoms. The van der Waals surface area contributed by atoms with Crippen LogP contribution in [0.15, 0.2) is 101 Å². The summed E-state index contributed by atoms with van der Waals surface area (Å²) in [5, 5.41) is 10.0. The molecule has 35 heavy (non-hydrogen) atoms. The van der Waals surface area contributed by atoms with Crippen molar-refractivity contribution in [3.63, 3.8) is 0 Å². The highest BCUT2D eigenvalue weighted by Gasteiger charge is 2.41. The van der Waals surface area contributed by atoms with Gasteiger partial charge >= 0.3 is 0 Å². The molecule has 9 heteroatoms. The van der Waals surface area contributed by atoms with Gasteiger partial charge in [0, 0.05) is 12.2 Å². The lowest BCUT2D eigenvalue weighted by molar-refractivity contribution is 0.582. The van der Waals surface area contributed by atoms with Crippen molar-refractivity contribution in [1.29, 1.82) is 5.26 Å². The summed E-state index contributed by atoms with van der Waals surface area (Å²) in [6.45, 7) is 3.60. The van der Waals surface area contributed by atoms with E-state index in [-0.39, 0.29) is 27.7 Å². The summed E-state index contributed by atoms with van der Waals surface area (Å²) in [6, 6.07) is 26.0. The lowest BCUT2D eigenvalue weighted by Gasteiger charge is -2.26. The number of rotatable bonds is 7. The SMILES string of the molecule is Cc1c(C#N)c(N(S(=O)(=O)c2ccccc2)S(=O)(=O)c2ccccc2)n(Cc2ccccc2)c1C. The topological polar surface area (TPSA) is 100 Å². The van der Waals surface area contributed by atoms with Crippen molar-refractivity contribution in [3.05, 3.63) is 113 Å². The Kier molecular flexibility index (Phi) is 6.52. The molecule has 0 atom stereocenters. The van der Waals surface area contributed by atoms with Gasteiger partial charge in [-0.25, -0.2) is 0 Å². The molecule has 0 saturated carbocycles. The predicted molar refractivity (Wildman–Crippen MR) is 134 cm³/mol. The molecule has 0 aliphatic carbocycles. The van der Waals surface area contributed by atoms with Crippen LogP contribution >= 0.6 is 0 Å². The maximum Gasteiger partial charge on any atom is 0.278 e. The van der Waals surface area contributed by atoms with Crippen LogP contribution in [0.25, 0.3) is 0 Å². The van der Waals surface area contributed by atoms with Crippen LogP contribution < -0.4 is 3.71 Å². The van der Waals surface area contributed by atoms with Crippen LogP contribution in [0.2, 0.25) is 0 Å². The molecule has 1 aromatic heterocycles. The Bertz CT molecular complexity index is 1540. The van der Waals surface area contributed by atoms with Gasteiger partial charge in [-0.05, 0) is 49.2 Å². The van der Waals surface area contributed by atoms with E-state index in [2.05, 4.69) is 0 Å². The molecule has 0 fully saturated rings. The summed E-state index contributed by atoms with van der Waals surface area (Å²) >= 11 is 0. The zero-order valence-corrected chi connectivity index (χ0v) is 20.8. The number of hydrogen-bond acceptors (Lipinski definition) is 5. The summed E-state index contributed by atoms with van der Waals surface area (Å²) < 4.78 is 57.9. The summed E-state index contributed by atoms with van der Waals surface area (Å²) in [5.41, 5.74) is 1.91. The van der Waals surface area contributed by atoms with Gasteiger partial charge in [0.15, 0.2) is 5.82 Å². The number of sulfonamides is 2. The fourth-order valence-electron chi connectivity index (χ4n) is 3.86. The van der Waals surface area contributed by atoms with Crippen molar-refractivity contribution >= 4 is 25.9 Å². The van der Waals surface area contributed by atoms with Gasteiger partial charge < -0.3 is 4.57 Å². The zero-order chi connectivity index (χ0) is 25.2. The van der Waals surface area contributed by atoms with E-state index in [9.17, 15) is 22.1 Å². The quantitative estimate of drug-likeness (QED) is 0.365. The lowest BCUT2D eigenvalue weighted by atomic mass is 10.2. The third-order valence-electron chi connectivity index (χ3n) is 5.79. The van der Waals surface area contributed by atoms with Crippen LogP contribution in [0.1, 0.15) is 22.4 Å². The van der Waals surface area contributed by atoms with E-state index in [0.29, 0.717) is 15.0 Å². The highest BCUT2D eigenvalue weighted by atomic mass is 32.3. The Morgan fingerprint density at radius 1 is 0.743 bits per heavy atom. The number of benzene rings is 3. The van der Waals surface area contributed by atoms with E-state index < -0.39 is 20.0 Å². The van der Waals surface area contributed by atoms with Crippen molar-refractivity contribution in [3.8, 4) is 6.07 Å². The molecule has 4 rings (SSSR count). The van der Waals surface area contributed by atoms with Crippen LogP contribution in [0.4, 0.5) is 5.82 Å². The molecule has 0 unspecified atom stereocenters. The Morgan fingerprint density at radius 3 is 1.60 bits per heavy atom. The Balaban J connectivity index is 2.08. The van der Waals surface area contributed by atoms with Crippen molar-refractivity contribution < 1.29 is 16.8 Å². The first-order valence-corrected chi connectivity index (χ1v) is 13.6. The molecule has 7 nitrogen and oxygen atoms in total. The maximum absolute atomic E-state index is 14.0. The highest BCUT2D eigenvalue weighted by Crippen LogP contribution is 2.37. The van der Waals surface area contributed by atoms with Crippen LogP contribution in [0, 0.1) is 25.2 Å². The molecule has 0 aliphatic rings. The van der Waals surface area contributed by atoms with Crippen LogP contribution in [0.3, 0.4) is 0 Å². The Morgan fingerprint density at radius 2 is 1.17 bits per heavy atom. The van der Waals surface area contributed by atoms with Gasteiger partial charge in [-0.15, -0.1) is 3.71 Å². The van der Waals surface area contributed by atoms with E-state index in [4.69, 9.17) is 0 Å². The zero-order valence-electron chi connectivity index (χ0n) is 19.2. The minimum absolute atomic E-state index is 0.0163. The molecule has 1 heterocycles. The molecule has 4 aromatic rings. The minimum Gasteiger partial charge on any atom is -0.325 e. The molecular formula is C26H23N3O4S2. The minimum atomic E-state index is -4.64. The van der Waals surface area contributed by atoms with Gasteiger partial charge in [0.1, 0.15) is 6.07 Å². The highest BCUT2D eigenvalue weighted by molar-refractivity contribution is 8.10. The first-order chi connectivity index (χ1) is 16.7. The van der Waals surface area contributed by atoms with Crippen LogP contribution in [-0.4, -0.2) is 21.4 Å². The molecule has 0 amide bonds. The van der Waals surface area contributed by atoms with Crippen LogP contribution in [-0.2, 0) is 26.6 Å². The van der Waals surface area contributed by atoms with E-state index >= 15 is 0 Å². The summed E-state index contributed by atoms with van der Waals surface area (Å²) in [7, 11) is -9.27. The number of hydrogen-bond donors (Lipinski definition) is 0. The van der Waals surface area contributed by atoms with Gasteiger partial charge in [-0.2, -0.15) is 22.1 Å². The van der Waals surface area contributed by atoms with Gasteiger partial charge in [-0.3, -0.25) is 0 Å². The normalized spacial score (nSPS) is 11.7. The van der Waals surface area contributed by atoms with E-state index in [1.54, 1.807) is 30.5 Å². The third-order valence-corrected chi connectivity index (χ3v) is 9.92. The summed E-state index contributed by atoms with van der Waals surface area (Å²) in [4.78, 5) is -0.405. The number of nitrogens with zero attached hydrogens (tertiary/aromatic N) is 3. The van der Waals surface area contributed by atoms with Crippen molar-refractivity contribution in [1.82, 2.24) is 4.57 Å². The van der Waals surface area contributed by atoms with Crippen molar-refractivity contribution in [2.45, 2.75) is 30.2 Å². The first-order valence-electron chi connectivity index (χ1n) is 10.7. The van der Waals surface area contributed by atoms with Crippen LogP contribution in [0.5, 0.6) is 0 Å². The predicted octanol–water partition coefficient (Wildman–Crippen LogP) is 4.61. The lowest BCUT2D eigenvalue weighted by Crippen LogP contribution is -2.39. The third kappa shape index (κ3) is 4.34. The summed E-state index contributed by atoms with van der Waals surface area (Å²) in [5.74, 6) is -0.209. The fraction of sp³-hybridized carbons (Fsp3) is 0.115. The molecule has 178 valence electrons. The van der Waals surface area contributed by atoms with E-state index in [0.717, 1.165) is 5.56 Å². The molecule has 0 bridgehead atoms. The van der Waals surface area contributed by atoms with E-state index in [1.165, 1.54) is 48.5 Å². The molecule has 0 saturated heterocycles. The Hall–Kier alpha value is -3.87. The average Bonchev–Trinajstić information content (AvgIpc) is 3.09. The van der Waals surface area contributed by atoms with Crippen molar-refractivity contribution in [2.75, 3.05) is 3.71 Å². The van der Waals surface area contributed by atoms with Gasteiger partial charge in [0.25, 0.3) is 20.0 Å². The monoisotopic (exact) mass is 505 g/mol. The molecule has 0 radical (unpaired) electrons. The second-order valence-corrected chi connectivity index (χ2v) is 11.7. The molecular weight excluding hydrogens is 482 g/mol. The van der Waals surface area contributed by atoms with E-state index in [1.807, 2.05) is 36.4 Å². The number of aromatic nitrogens is 1. The smallest absolute Gasteiger partial charge is 0.278 e. The average molecular weight is 506 g/mol. The van der Waals surface area contributed by atoms with Crippen molar-refractivity contribution in [2.24, 2.45) is 0 Å². The fourth-order valence-corrected chi connectivity index (χ4v) is 7.63. The second-order valence-electron chi connectivity index (χ2n) is 7.93. The second kappa shape index (κ2) is 9.41. The number of nitriles is 1. The number of anilines is 1. The molecule has 0 aliphatic heterocycles. The Labute approximate surface area is 205 Å².